The summed E-state index contributed by atoms with van der Waals surface area (Å²) >= 11 is 4.43. The minimum Gasteiger partial charge on any atom is -0.348 e. The molecule has 0 aliphatic carbocycles. The van der Waals surface area contributed by atoms with E-state index < -0.39 is 0 Å². The summed E-state index contributed by atoms with van der Waals surface area (Å²) in [5.41, 5.74) is 1.69. The van der Waals surface area contributed by atoms with Crippen LogP contribution in [-0.4, -0.2) is 32.6 Å². The van der Waals surface area contributed by atoms with Crippen LogP contribution in [0.4, 0.5) is 0 Å². The van der Waals surface area contributed by atoms with Crippen molar-refractivity contribution in [1.82, 2.24) is 19.5 Å². The number of aryl methyl sites for hydroxylation is 1. The van der Waals surface area contributed by atoms with Gasteiger partial charge >= 0.3 is 0 Å². The second-order valence-electron chi connectivity index (χ2n) is 3.95. The van der Waals surface area contributed by atoms with Gasteiger partial charge < -0.3 is 5.32 Å². The molecule has 0 aliphatic heterocycles. The van der Waals surface area contributed by atoms with Crippen LogP contribution in [0.15, 0.2) is 21.6 Å². The van der Waals surface area contributed by atoms with Crippen LogP contribution in [0.5, 0.6) is 0 Å². The van der Waals surface area contributed by atoms with Gasteiger partial charge in [-0.2, -0.15) is 9.47 Å². The fourth-order valence-electron chi connectivity index (χ4n) is 1.67. The van der Waals surface area contributed by atoms with Crippen molar-refractivity contribution in [2.75, 3.05) is 12.5 Å². The highest BCUT2D eigenvalue weighted by Crippen LogP contribution is 2.32. The average Bonchev–Trinajstić information content (AvgIpc) is 3.10. The van der Waals surface area contributed by atoms with E-state index in [-0.39, 0.29) is 5.91 Å². The van der Waals surface area contributed by atoms with Crippen molar-refractivity contribution in [3.05, 3.63) is 23.5 Å². The Morgan fingerprint density at radius 3 is 2.85 bits per heavy atom. The number of amides is 1. The van der Waals surface area contributed by atoms with Gasteiger partial charge in [0.1, 0.15) is 5.03 Å². The maximum absolute atomic E-state index is 12.3. The minimum atomic E-state index is -0.0725. The Bertz CT molecular complexity index is 572. The Morgan fingerprint density at radius 1 is 1.45 bits per heavy atom. The first-order chi connectivity index (χ1) is 9.69. The molecule has 0 unspecified atom stereocenters. The highest BCUT2D eigenvalue weighted by atomic mass is 32.2. The second kappa shape index (κ2) is 7.14. The molecule has 0 bridgehead atoms. The van der Waals surface area contributed by atoms with E-state index in [9.17, 15) is 4.79 Å². The van der Waals surface area contributed by atoms with Gasteiger partial charge in [0.25, 0.3) is 5.91 Å². The summed E-state index contributed by atoms with van der Waals surface area (Å²) in [4.78, 5) is 12.3. The van der Waals surface area contributed by atoms with Crippen LogP contribution in [-0.2, 0) is 13.1 Å². The highest BCUT2D eigenvalue weighted by Gasteiger charge is 2.19. The summed E-state index contributed by atoms with van der Waals surface area (Å²) in [6.45, 7) is 3.34. The van der Waals surface area contributed by atoms with Crippen molar-refractivity contribution in [3.63, 3.8) is 0 Å². The molecule has 0 saturated carbocycles. The maximum atomic E-state index is 12.3. The Morgan fingerprint density at radius 2 is 2.25 bits per heavy atom. The Hall–Kier alpha value is -0.990. The number of thioether (sulfide) groups is 2. The fourth-order valence-corrected chi connectivity index (χ4v) is 3.95. The molecule has 2 rings (SSSR count). The molecule has 2 aromatic rings. The number of hydrogen-bond acceptors (Lipinski definition) is 6. The molecule has 1 N–H and O–H groups in total. The molecular weight excluding hydrogens is 312 g/mol. The average molecular weight is 328 g/mol. The predicted octanol–water partition coefficient (Wildman–Crippen LogP) is 2.73. The van der Waals surface area contributed by atoms with Crippen molar-refractivity contribution in [2.45, 2.75) is 29.2 Å². The number of aromatic nitrogens is 3. The molecule has 0 radical (unpaired) electrons. The fraction of sp³-hybridized carbons (Fsp3) is 0.417. The van der Waals surface area contributed by atoms with Crippen LogP contribution >= 0.6 is 35.1 Å². The zero-order valence-corrected chi connectivity index (χ0v) is 14.0. The molecule has 0 spiro atoms. The third-order valence-electron chi connectivity index (χ3n) is 2.70. The van der Waals surface area contributed by atoms with Crippen LogP contribution in [0.25, 0.3) is 0 Å². The maximum Gasteiger partial charge on any atom is 0.256 e. The smallest absolute Gasteiger partial charge is 0.256 e. The molecule has 20 heavy (non-hydrogen) atoms. The van der Waals surface area contributed by atoms with Gasteiger partial charge in [-0.25, -0.2) is 0 Å². The van der Waals surface area contributed by atoms with E-state index >= 15 is 0 Å². The van der Waals surface area contributed by atoms with Gasteiger partial charge in [-0.05, 0) is 31.0 Å². The first-order valence-corrected chi connectivity index (χ1v) is 9.29. The van der Waals surface area contributed by atoms with E-state index in [1.54, 1.807) is 18.0 Å². The first kappa shape index (κ1) is 15.4. The topological polar surface area (TPSA) is 59.8 Å². The van der Waals surface area contributed by atoms with Gasteiger partial charge in [-0.1, -0.05) is 0 Å². The SMILES string of the molecule is CCn1cc(CNC(=O)c2c(SC)nsc2SC)cn1. The van der Waals surface area contributed by atoms with Gasteiger partial charge in [0, 0.05) is 24.8 Å². The second-order valence-corrected chi connectivity index (χ2v) is 6.59. The largest absolute Gasteiger partial charge is 0.348 e. The van der Waals surface area contributed by atoms with Crippen LogP contribution in [0.2, 0.25) is 0 Å². The third-order valence-corrected chi connectivity index (χ3v) is 5.44. The number of carbonyl (C=O) groups is 1. The van der Waals surface area contributed by atoms with Crippen molar-refractivity contribution >= 4 is 41.0 Å². The molecule has 8 heteroatoms. The molecule has 0 fully saturated rings. The molecule has 0 atom stereocenters. The first-order valence-electron chi connectivity index (χ1n) is 6.06. The highest BCUT2D eigenvalue weighted by molar-refractivity contribution is 8.01. The Balaban J connectivity index is 2.06. The van der Waals surface area contributed by atoms with Gasteiger partial charge in [0.15, 0.2) is 0 Å². The number of nitrogens with zero attached hydrogens (tertiary/aromatic N) is 3. The van der Waals surface area contributed by atoms with Crippen molar-refractivity contribution < 1.29 is 4.79 Å². The molecule has 0 saturated heterocycles. The molecule has 0 aliphatic rings. The standard InChI is InChI=1S/C12H16N4OS3/c1-4-16-7-8(6-14-16)5-13-10(17)9-11(18-2)15-20-12(9)19-3/h6-7H,4-5H2,1-3H3,(H,13,17). The Kier molecular flexibility index (Phi) is 5.50. The van der Waals surface area contributed by atoms with E-state index in [1.807, 2.05) is 30.3 Å². The van der Waals surface area contributed by atoms with Crippen LogP contribution in [0, 0.1) is 0 Å². The summed E-state index contributed by atoms with van der Waals surface area (Å²) < 4.78 is 7.10. The summed E-state index contributed by atoms with van der Waals surface area (Å²) in [5, 5.41) is 7.92. The lowest BCUT2D eigenvalue weighted by atomic mass is 10.3. The minimum absolute atomic E-state index is 0.0725. The predicted molar refractivity (Wildman–Crippen MR) is 84.7 cm³/mol. The molecular formula is C12H16N4OS3. The Labute approximate surface area is 130 Å². The van der Waals surface area contributed by atoms with Gasteiger partial charge in [-0.15, -0.1) is 23.5 Å². The molecule has 2 heterocycles. The zero-order chi connectivity index (χ0) is 14.5. The van der Waals surface area contributed by atoms with Gasteiger partial charge in [0.2, 0.25) is 0 Å². The monoisotopic (exact) mass is 328 g/mol. The van der Waals surface area contributed by atoms with E-state index in [2.05, 4.69) is 14.8 Å². The number of nitrogens with one attached hydrogen (secondary N) is 1. The van der Waals surface area contributed by atoms with Crippen molar-refractivity contribution in [2.24, 2.45) is 0 Å². The summed E-state index contributed by atoms with van der Waals surface area (Å²) in [7, 11) is 0. The number of carbonyl (C=O) groups excluding carboxylic acids is 1. The van der Waals surface area contributed by atoms with Crippen molar-refractivity contribution in [1.29, 1.82) is 0 Å². The van der Waals surface area contributed by atoms with E-state index in [0.29, 0.717) is 12.1 Å². The van der Waals surface area contributed by atoms with Crippen molar-refractivity contribution in [3.8, 4) is 0 Å². The zero-order valence-electron chi connectivity index (χ0n) is 11.5. The quantitative estimate of drug-likeness (QED) is 0.826. The van der Waals surface area contributed by atoms with E-state index in [1.165, 1.54) is 23.3 Å². The summed E-state index contributed by atoms with van der Waals surface area (Å²) in [6.07, 6.45) is 7.61. The summed E-state index contributed by atoms with van der Waals surface area (Å²) in [6, 6.07) is 0. The van der Waals surface area contributed by atoms with Crippen LogP contribution < -0.4 is 5.32 Å². The van der Waals surface area contributed by atoms with Crippen LogP contribution in [0.1, 0.15) is 22.8 Å². The number of hydrogen-bond donors (Lipinski definition) is 1. The normalized spacial score (nSPS) is 10.8. The van der Waals surface area contributed by atoms with E-state index in [0.717, 1.165) is 21.3 Å². The number of rotatable bonds is 6. The third kappa shape index (κ3) is 3.36. The molecule has 2 aromatic heterocycles. The molecule has 5 nitrogen and oxygen atoms in total. The van der Waals surface area contributed by atoms with Crippen LogP contribution in [0.3, 0.4) is 0 Å². The summed E-state index contributed by atoms with van der Waals surface area (Å²) in [5.74, 6) is -0.0725. The lowest BCUT2D eigenvalue weighted by molar-refractivity contribution is 0.0945. The molecule has 1 amide bonds. The van der Waals surface area contributed by atoms with E-state index in [4.69, 9.17) is 0 Å². The lowest BCUT2D eigenvalue weighted by Crippen LogP contribution is -2.23. The molecule has 108 valence electrons. The van der Waals surface area contributed by atoms with Gasteiger partial charge in [0.05, 0.1) is 16.0 Å². The lowest BCUT2D eigenvalue weighted by Gasteiger charge is -2.04. The van der Waals surface area contributed by atoms with Gasteiger partial charge in [-0.3, -0.25) is 9.48 Å². The molecule has 0 aromatic carbocycles.